The second-order valence-electron chi connectivity index (χ2n) is 6.75. The molecule has 1 aliphatic rings. The van der Waals surface area contributed by atoms with Gasteiger partial charge in [0.2, 0.25) is 5.91 Å². The minimum absolute atomic E-state index is 0.182. The monoisotopic (exact) mass is 342 g/mol. The number of nitrogens with two attached hydrogens (primary N) is 1. The molecule has 25 heavy (non-hydrogen) atoms. The lowest BCUT2D eigenvalue weighted by Crippen LogP contribution is -2.39. The quantitative estimate of drug-likeness (QED) is 0.878. The predicted molar refractivity (Wildman–Crippen MR) is 94.3 cm³/mol. The topological polar surface area (TPSA) is 55.6 Å². The van der Waals surface area contributed by atoms with E-state index in [0.717, 1.165) is 29.8 Å². The lowest BCUT2D eigenvalue weighted by atomic mass is 10.1. The summed E-state index contributed by atoms with van der Waals surface area (Å²) in [6.07, 6.45) is 0.824. The average molecular weight is 342 g/mol. The molecule has 0 saturated carbocycles. The first kappa shape index (κ1) is 17.4. The van der Waals surface area contributed by atoms with E-state index in [0.29, 0.717) is 19.1 Å². The van der Waals surface area contributed by atoms with Crippen molar-refractivity contribution in [2.45, 2.75) is 32.5 Å². The Morgan fingerprint density at radius 1 is 1.24 bits per heavy atom. The third-order valence-electron chi connectivity index (χ3n) is 4.54. The molecule has 0 radical (unpaired) electrons. The van der Waals surface area contributed by atoms with Crippen LogP contribution in [-0.2, 0) is 17.9 Å². The highest BCUT2D eigenvalue weighted by molar-refractivity contribution is 5.80. The molecule has 0 unspecified atom stereocenters. The molecule has 5 heteroatoms. The lowest BCUT2D eigenvalue weighted by Gasteiger charge is -2.21. The first-order valence-corrected chi connectivity index (χ1v) is 8.51. The van der Waals surface area contributed by atoms with Crippen molar-refractivity contribution in [3.05, 3.63) is 65.5 Å². The number of rotatable bonds is 6. The summed E-state index contributed by atoms with van der Waals surface area (Å²) in [4.78, 5) is 13.7. The molecule has 1 amide bonds. The van der Waals surface area contributed by atoms with Crippen molar-refractivity contribution in [2.24, 2.45) is 11.7 Å². The summed E-state index contributed by atoms with van der Waals surface area (Å²) in [5.74, 6) is 0.695. The Balaban J connectivity index is 1.58. The molecule has 132 valence electrons. The van der Waals surface area contributed by atoms with Gasteiger partial charge in [0, 0.05) is 13.1 Å². The maximum Gasteiger partial charge on any atom is 0.234 e. The Hall–Kier alpha value is -2.40. The van der Waals surface area contributed by atoms with Crippen molar-refractivity contribution < 1.29 is 13.9 Å². The number of hydrogen-bond acceptors (Lipinski definition) is 3. The SMILES string of the molecule is C[C@@H]1C[C@@H](C(N)=O)N(Cc2ccc(OCc3cccc(F)c3)cc2)C1. The molecule has 1 heterocycles. The highest BCUT2D eigenvalue weighted by atomic mass is 19.1. The van der Waals surface area contributed by atoms with Crippen LogP contribution in [-0.4, -0.2) is 23.4 Å². The Morgan fingerprint density at radius 2 is 2.00 bits per heavy atom. The summed E-state index contributed by atoms with van der Waals surface area (Å²) in [6.45, 7) is 4.04. The zero-order valence-corrected chi connectivity index (χ0v) is 14.3. The Labute approximate surface area is 147 Å². The van der Waals surface area contributed by atoms with Crippen molar-refractivity contribution in [1.29, 1.82) is 0 Å². The third-order valence-corrected chi connectivity index (χ3v) is 4.54. The van der Waals surface area contributed by atoms with Gasteiger partial charge in [-0.1, -0.05) is 31.2 Å². The zero-order chi connectivity index (χ0) is 17.8. The molecule has 2 N–H and O–H groups in total. The van der Waals surface area contributed by atoms with Crippen molar-refractivity contribution in [3.8, 4) is 5.75 Å². The first-order chi connectivity index (χ1) is 12.0. The maximum absolute atomic E-state index is 13.2. The van der Waals surface area contributed by atoms with Crippen LogP contribution in [0, 0.1) is 11.7 Å². The number of hydrogen-bond donors (Lipinski definition) is 1. The normalized spacial score (nSPS) is 20.6. The van der Waals surface area contributed by atoms with Gasteiger partial charge in [-0.3, -0.25) is 9.69 Å². The molecule has 0 bridgehead atoms. The van der Waals surface area contributed by atoms with Crippen LogP contribution in [0.5, 0.6) is 5.75 Å². The molecule has 1 aliphatic heterocycles. The Kier molecular flexibility index (Phi) is 5.34. The number of halogens is 1. The summed E-state index contributed by atoms with van der Waals surface area (Å²) in [6, 6.07) is 14.0. The van der Waals surface area contributed by atoms with Crippen LogP contribution in [0.4, 0.5) is 4.39 Å². The van der Waals surface area contributed by atoms with Gasteiger partial charge in [0.15, 0.2) is 0 Å². The van der Waals surface area contributed by atoms with Crippen molar-refractivity contribution in [2.75, 3.05) is 6.54 Å². The van der Waals surface area contributed by atoms with Crippen LogP contribution >= 0.6 is 0 Å². The number of likely N-dealkylation sites (tertiary alicyclic amines) is 1. The molecule has 4 nitrogen and oxygen atoms in total. The maximum atomic E-state index is 13.2. The van der Waals surface area contributed by atoms with Gasteiger partial charge in [-0.25, -0.2) is 4.39 Å². The molecule has 1 saturated heterocycles. The van der Waals surface area contributed by atoms with Crippen LogP contribution in [0.2, 0.25) is 0 Å². The van der Waals surface area contributed by atoms with Crippen LogP contribution < -0.4 is 10.5 Å². The fourth-order valence-corrected chi connectivity index (χ4v) is 3.32. The summed E-state index contributed by atoms with van der Waals surface area (Å²) in [7, 11) is 0. The smallest absolute Gasteiger partial charge is 0.234 e. The van der Waals surface area contributed by atoms with E-state index in [4.69, 9.17) is 10.5 Å². The summed E-state index contributed by atoms with van der Waals surface area (Å²) < 4.78 is 18.9. The molecule has 0 aliphatic carbocycles. The molecule has 2 aromatic carbocycles. The van der Waals surface area contributed by atoms with Crippen LogP contribution in [0.15, 0.2) is 48.5 Å². The molecule has 1 fully saturated rings. The summed E-state index contributed by atoms with van der Waals surface area (Å²) in [5, 5.41) is 0. The van der Waals surface area contributed by atoms with Crippen molar-refractivity contribution in [1.82, 2.24) is 4.90 Å². The first-order valence-electron chi connectivity index (χ1n) is 8.51. The van der Waals surface area contributed by atoms with Gasteiger partial charge in [-0.15, -0.1) is 0 Å². The zero-order valence-electron chi connectivity index (χ0n) is 14.3. The largest absolute Gasteiger partial charge is 0.489 e. The molecule has 2 aromatic rings. The highest BCUT2D eigenvalue weighted by Crippen LogP contribution is 2.25. The van der Waals surface area contributed by atoms with Gasteiger partial charge >= 0.3 is 0 Å². The number of nitrogens with zero attached hydrogens (tertiary/aromatic N) is 1. The highest BCUT2D eigenvalue weighted by Gasteiger charge is 2.33. The van der Waals surface area contributed by atoms with Crippen molar-refractivity contribution in [3.63, 3.8) is 0 Å². The van der Waals surface area contributed by atoms with E-state index in [1.54, 1.807) is 6.07 Å². The predicted octanol–water partition coefficient (Wildman–Crippen LogP) is 3.10. The molecule has 3 rings (SSSR count). The van der Waals surface area contributed by atoms with E-state index in [1.165, 1.54) is 12.1 Å². The Morgan fingerprint density at radius 3 is 2.68 bits per heavy atom. The second-order valence-corrected chi connectivity index (χ2v) is 6.75. The summed E-state index contributed by atoms with van der Waals surface area (Å²) in [5.41, 5.74) is 7.41. The van der Waals surface area contributed by atoms with Gasteiger partial charge in [0.1, 0.15) is 18.2 Å². The van der Waals surface area contributed by atoms with E-state index in [1.807, 2.05) is 30.3 Å². The molecular formula is C20H23FN2O2. The van der Waals surface area contributed by atoms with Gasteiger partial charge < -0.3 is 10.5 Å². The summed E-state index contributed by atoms with van der Waals surface area (Å²) >= 11 is 0. The number of primary amides is 1. The van der Waals surface area contributed by atoms with Crippen LogP contribution in [0.25, 0.3) is 0 Å². The third kappa shape index (κ3) is 4.57. The molecule has 2 atom stereocenters. The van der Waals surface area contributed by atoms with Crippen LogP contribution in [0.1, 0.15) is 24.5 Å². The van der Waals surface area contributed by atoms with Gasteiger partial charge in [0.25, 0.3) is 0 Å². The number of ether oxygens (including phenoxy) is 1. The van der Waals surface area contributed by atoms with E-state index < -0.39 is 0 Å². The van der Waals surface area contributed by atoms with E-state index in [2.05, 4.69) is 11.8 Å². The van der Waals surface area contributed by atoms with E-state index in [9.17, 15) is 9.18 Å². The number of amides is 1. The van der Waals surface area contributed by atoms with E-state index in [-0.39, 0.29) is 17.8 Å². The van der Waals surface area contributed by atoms with Crippen LogP contribution in [0.3, 0.4) is 0 Å². The number of carbonyl (C=O) groups is 1. The number of benzene rings is 2. The van der Waals surface area contributed by atoms with E-state index >= 15 is 0 Å². The number of carbonyl (C=O) groups excluding carboxylic acids is 1. The molecular weight excluding hydrogens is 319 g/mol. The Bertz CT molecular complexity index is 733. The lowest BCUT2D eigenvalue weighted by molar-refractivity contribution is -0.122. The van der Waals surface area contributed by atoms with Gasteiger partial charge in [-0.2, -0.15) is 0 Å². The standard InChI is InChI=1S/C20H23FN2O2/c1-14-9-19(20(22)24)23(11-14)12-15-5-7-18(8-6-15)25-13-16-3-2-4-17(21)10-16/h2-8,10,14,19H,9,11-13H2,1H3,(H2,22,24)/t14-,19+/m1/s1. The minimum atomic E-state index is -0.264. The molecule has 0 aromatic heterocycles. The minimum Gasteiger partial charge on any atom is -0.489 e. The molecule has 0 spiro atoms. The van der Waals surface area contributed by atoms with Gasteiger partial charge in [-0.05, 0) is 47.7 Å². The second kappa shape index (κ2) is 7.66. The fraction of sp³-hybridized carbons (Fsp3) is 0.350. The van der Waals surface area contributed by atoms with Crippen molar-refractivity contribution >= 4 is 5.91 Å². The fourth-order valence-electron chi connectivity index (χ4n) is 3.32. The average Bonchev–Trinajstić information content (AvgIpc) is 2.95. The van der Waals surface area contributed by atoms with Gasteiger partial charge in [0.05, 0.1) is 6.04 Å².